The highest BCUT2D eigenvalue weighted by Gasteiger charge is 2.43. The van der Waals surface area contributed by atoms with Gasteiger partial charge in [-0.15, -0.1) is 0 Å². The van der Waals surface area contributed by atoms with Crippen molar-refractivity contribution in [3.8, 4) is 0 Å². The lowest BCUT2D eigenvalue weighted by Gasteiger charge is -2.24. The van der Waals surface area contributed by atoms with Crippen LogP contribution in [0.1, 0.15) is 77.9 Å². The van der Waals surface area contributed by atoms with E-state index in [1.807, 2.05) is 32.9 Å². The number of aryl methyl sites for hydroxylation is 2. The molecule has 2 aromatic carbocycles. The second-order valence-electron chi connectivity index (χ2n) is 8.76. The molecule has 6 heteroatoms. The van der Waals surface area contributed by atoms with Crippen LogP contribution in [0.2, 0.25) is 10.0 Å². The van der Waals surface area contributed by atoms with Crippen LogP contribution in [0.3, 0.4) is 0 Å². The van der Waals surface area contributed by atoms with Crippen molar-refractivity contribution in [2.24, 2.45) is 0 Å². The van der Waals surface area contributed by atoms with E-state index in [2.05, 4.69) is 20.8 Å². The smallest absolute Gasteiger partial charge is 0.231 e. The van der Waals surface area contributed by atoms with E-state index in [4.69, 9.17) is 23.2 Å². The van der Waals surface area contributed by atoms with Crippen molar-refractivity contribution < 1.29 is 14.2 Å². The van der Waals surface area contributed by atoms with E-state index >= 15 is 0 Å². The fourth-order valence-corrected chi connectivity index (χ4v) is 6.84. The van der Waals surface area contributed by atoms with E-state index in [9.17, 15) is 14.2 Å². The average molecular weight is 467 g/mol. The molecule has 0 fully saturated rings. The van der Waals surface area contributed by atoms with E-state index < -0.39 is 18.2 Å². The number of hydrogen-bond acceptors (Lipinski definition) is 3. The zero-order valence-electron chi connectivity index (χ0n) is 18.4. The number of benzene rings is 2. The Hall–Kier alpha value is -1.41. The molecule has 0 saturated carbocycles. The summed E-state index contributed by atoms with van der Waals surface area (Å²) in [5, 5.41) is 0.210. The Kier molecular flexibility index (Phi) is 7.78. The molecule has 0 aliphatic heterocycles. The van der Waals surface area contributed by atoms with Crippen molar-refractivity contribution in [2.75, 3.05) is 6.16 Å². The Morgan fingerprint density at radius 3 is 1.83 bits per heavy atom. The van der Waals surface area contributed by atoms with E-state index in [0.717, 1.165) is 16.7 Å². The van der Waals surface area contributed by atoms with Crippen LogP contribution in [0.4, 0.5) is 0 Å². The van der Waals surface area contributed by atoms with Gasteiger partial charge < -0.3 is 4.57 Å². The lowest BCUT2D eigenvalue weighted by molar-refractivity contribution is 0.103. The lowest BCUT2D eigenvalue weighted by Crippen LogP contribution is -2.18. The third-order valence-corrected chi connectivity index (χ3v) is 8.61. The fraction of sp³-hybridized carbons (Fsp3) is 0.417. The highest BCUT2D eigenvalue weighted by atomic mass is 35.5. The maximum absolute atomic E-state index is 14.0. The third kappa shape index (κ3) is 4.90. The fourth-order valence-electron chi connectivity index (χ4n) is 3.47. The normalized spacial score (nSPS) is 13.7. The Bertz CT molecular complexity index is 992. The minimum atomic E-state index is -3.97. The largest absolute Gasteiger partial charge is 0.307 e. The van der Waals surface area contributed by atoms with Gasteiger partial charge >= 0.3 is 0 Å². The predicted octanol–water partition coefficient (Wildman–Crippen LogP) is 8.05. The molecule has 0 saturated heterocycles. The van der Waals surface area contributed by atoms with Crippen LogP contribution < -0.4 is 0 Å². The summed E-state index contributed by atoms with van der Waals surface area (Å²) in [5.74, 6) is 0. The van der Waals surface area contributed by atoms with Crippen LogP contribution in [0, 0.1) is 13.8 Å². The summed E-state index contributed by atoms with van der Waals surface area (Å²) < 4.78 is 14.0. The van der Waals surface area contributed by atoms with Crippen LogP contribution in [0.5, 0.6) is 0 Å². The van der Waals surface area contributed by atoms with E-state index in [1.54, 1.807) is 6.07 Å². The first-order valence-corrected chi connectivity index (χ1v) is 12.7. The Morgan fingerprint density at radius 1 is 0.933 bits per heavy atom. The SMILES string of the molecule is CCCCP(=O)(C(=O)c1c(C)cc(C(C)(C)C)cc1C)C(=O)c1c(Cl)cccc1Cl. The predicted molar refractivity (Wildman–Crippen MR) is 127 cm³/mol. The Labute approximate surface area is 189 Å². The summed E-state index contributed by atoms with van der Waals surface area (Å²) in [7, 11) is -3.97. The number of rotatable bonds is 7. The van der Waals surface area contributed by atoms with E-state index in [1.165, 1.54) is 12.1 Å². The maximum atomic E-state index is 14.0. The average Bonchev–Trinajstić information content (AvgIpc) is 2.64. The highest BCUT2D eigenvalue weighted by molar-refractivity contribution is 7.95. The number of carbonyl (C=O) groups excluding carboxylic acids is 2. The molecule has 0 heterocycles. The summed E-state index contributed by atoms with van der Waals surface area (Å²) in [4.78, 5) is 27.1. The lowest BCUT2D eigenvalue weighted by atomic mass is 9.84. The first-order valence-electron chi connectivity index (χ1n) is 10.1. The molecule has 0 aliphatic carbocycles. The zero-order chi connectivity index (χ0) is 22.9. The van der Waals surface area contributed by atoms with Gasteiger partial charge in [-0.2, -0.15) is 0 Å². The van der Waals surface area contributed by atoms with Gasteiger partial charge in [0.2, 0.25) is 18.2 Å². The summed E-state index contributed by atoms with van der Waals surface area (Å²) in [6.07, 6.45) is 1.21. The quantitative estimate of drug-likeness (QED) is 0.387. The van der Waals surface area contributed by atoms with E-state index in [0.29, 0.717) is 18.4 Å². The summed E-state index contributed by atoms with van der Waals surface area (Å²) in [6.45, 7) is 11.9. The molecule has 0 bridgehead atoms. The molecule has 0 N–H and O–H groups in total. The highest BCUT2D eigenvalue weighted by Crippen LogP contribution is 2.55. The monoisotopic (exact) mass is 466 g/mol. The molecule has 2 aromatic rings. The molecule has 3 nitrogen and oxygen atoms in total. The third-order valence-electron chi connectivity index (χ3n) is 5.27. The topological polar surface area (TPSA) is 51.2 Å². The van der Waals surface area contributed by atoms with Gasteiger partial charge in [-0.25, -0.2) is 0 Å². The van der Waals surface area contributed by atoms with Gasteiger partial charge in [0.05, 0.1) is 15.6 Å². The van der Waals surface area contributed by atoms with Crippen LogP contribution >= 0.6 is 30.3 Å². The number of halogens is 2. The molecule has 0 spiro atoms. The Balaban J connectivity index is 2.66. The van der Waals surface area contributed by atoms with Gasteiger partial charge in [-0.3, -0.25) is 9.59 Å². The van der Waals surface area contributed by atoms with Crippen LogP contribution in [0.25, 0.3) is 0 Å². The molecule has 0 aliphatic rings. The number of unbranched alkanes of at least 4 members (excludes halogenated alkanes) is 1. The molecule has 1 atom stereocenters. The second-order valence-corrected chi connectivity index (χ2v) is 12.3. The van der Waals surface area contributed by atoms with Crippen LogP contribution in [0.15, 0.2) is 30.3 Å². The van der Waals surface area contributed by atoms with Crippen molar-refractivity contribution >= 4 is 41.4 Å². The van der Waals surface area contributed by atoms with E-state index in [-0.39, 0.29) is 27.2 Å². The minimum Gasteiger partial charge on any atom is -0.307 e. The number of hydrogen-bond donors (Lipinski definition) is 0. The van der Waals surface area contributed by atoms with Gasteiger partial charge in [0, 0.05) is 11.7 Å². The van der Waals surface area contributed by atoms with Crippen molar-refractivity contribution in [1.82, 2.24) is 0 Å². The molecule has 30 heavy (non-hydrogen) atoms. The van der Waals surface area contributed by atoms with Gasteiger partial charge in [-0.05, 0) is 54.5 Å². The Morgan fingerprint density at radius 2 is 1.40 bits per heavy atom. The molecule has 2 rings (SSSR count). The van der Waals surface area contributed by atoms with Crippen molar-refractivity contribution in [1.29, 1.82) is 0 Å². The van der Waals surface area contributed by atoms with Crippen LogP contribution in [-0.2, 0) is 9.98 Å². The molecule has 162 valence electrons. The summed E-state index contributed by atoms with van der Waals surface area (Å²) in [6, 6.07) is 8.53. The standard InChI is InChI=1S/C24H29Cl2O3P/c1-7-8-12-30(29,23(28)21-18(25)10-9-11-19(21)26)22(27)20-15(2)13-17(14-16(20)3)24(4,5)6/h9-11,13-14H,7-8,12H2,1-6H3. The van der Waals surface area contributed by atoms with Gasteiger partial charge in [0.1, 0.15) is 0 Å². The molecule has 0 amide bonds. The number of carbonyl (C=O) groups is 2. The van der Waals surface area contributed by atoms with Gasteiger partial charge in [0.25, 0.3) is 0 Å². The summed E-state index contributed by atoms with van der Waals surface area (Å²) >= 11 is 12.4. The second kappa shape index (κ2) is 9.39. The summed E-state index contributed by atoms with van der Waals surface area (Å²) in [5.41, 5.74) is 1.40. The van der Waals surface area contributed by atoms with Gasteiger partial charge in [-0.1, -0.05) is 75.5 Å². The molecule has 0 aromatic heterocycles. The molecular weight excluding hydrogens is 438 g/mol. The molecule has 1 unspecified atom stereocenters. The van der Waals surface area contributed by atoms with Crippen molar-refractivity contribution in [3.63, 3.8) is 0 Å². The first kappa shape index (κ1) is 24.9. The molecule has 0 radical (unpaired) electrons. The first-order chi connectivity index (χ1) is 13.8. The minimum absolute atomic E-state index is 0.00260. The molecular formula is C24H29Cl2O3P. The van der Waals surface area contributed by atoms with Gasteiger partial charge in [0.15, 0.2) is 0 Å². The van der Waals surface area contributed by atoms with Crippen molar-refractivity contribution in [2.45, 2.75) is 59.8 Å². The van der Waals surface area contributed by atoms with Crippen molar-refractivity contribution in [3.05, 3.63) is 68.2 Å². The maximum Gasteiger partial charge on any atom is 0.231 e. The van der Waals surface area contributed by atoms with Crippen LogP contribution in [-0.4, -0.2) is 17.2 Å². The zero-order valence-corrected chi connectivity index (χ0v) is 20.8.